The van der Waals surface area contributed by atoms with Crippen molar-refractivity contribution in [2.75, 3.05) is 0 Å². The molecular formula is C19H21ClN2O3. The van der Waals surface area contributed by atoms with Gasteiger partial charge in [-0.1, -0.05) is 23.7 Å². The van der Waals surface area contributed by atoms with Gasteiger partial charge in [-0.25, -0.2) is 4.98 Å². The number of aromatic nitrogens is 2. The van der Waals surface area contributed by atoms with Crippen molar-refractivity contribution >= 4 is 17.6 Å². The lowest BCUT2D eigenvalue weighted by molar-refractivity contribution is -0.138. The standard InChI is InChI=1S/C19H21ClN2O3/c20-15-5-1-13(2-6-15)11-17-21-10-9-18(22-17)25-16-7-3-14(4-8-16)12-19(23)24/h1-2,5-6,9-10,14,16H,3-4,7-8,11-12H2,(H,23,24). The van der Waals surface area contributed by atoms with Crippen molar-refractivity contribution in [1.29, 1.82) is 0 Å². The SMILES string of the molecule is O=C(O)CC1CCC(Oc2ccnc(Cc3ccc(Cl)cc3)n2)CC1. The van der Waals surface area contributed by atoms with Crippen LogP contribution in [0.1, 0.15) is 43.5 Å². The maximum Gasteiger partial charge on any atom is 0.303 e. The van der Waals surface area contributed by atoms with Crippen LogP contribution >= 0.6 is 11.6 Å². The van der Waals surface area contributed by atoms with Crippen molar-refractivity contribution in [3.8, 4) is 5.88 Å². The fourth-order valence-corrected chi connectivity index (χ4v) is 3.31. The lowest BCUT2D eigenvalue weighted by atomic mass is 9.85. The van der Waals surface area contributed by atoms with Crippen LogP contribution in [0.5, 0.6) is 5.88 Å². The van der Waals surface area contributed by atoms with Crippen LogP contribution < -0.4 is 4.74 Å². The predicted molar refractivity (Wildman–Crippen MR) is 94.9 cm³/mol. The van der Waals surface area contributed by atoms with Crippen molar-refractivity contribution in [2.45, 2.75) is 44.6 Å². The maximum absolute atomic E-state index is 10.8. The number of ether oxygens (including phenoxy) is 1. The molecule has 5 nitrogen and oxygen atoms in total. The van der Waals surface area contributed by atoms with Gasteiger partial charge in [0, 0.05) is 30.1 Å². The first-order valence-electron chi connectivity index (χ1n) is 8.53. The van der Waals surface area contributed by atoms with E-state index in [0.29, 0.717) is 23.1 Å². The summed E-state index contributed by atoms with van der Waals surface area (Å²) in [6.45, 7) is 0. The van der Waals surface area contributed by atoms with Gasteiger partial charge in [-0.05, 0) is 49.3 Å². The summed E-state index contributed by atoms with van der Waals surface area (Å²) < 4.78 is 5.99. The summed E-state index contributed by atoms with van der Waals surface area (Å²) in [4.78, 5) is 19.6. The van der Waals surface area contributed by atoms with E-state index in [0.717, 1.165) is 31.2 Å². The summed E-state index contributed by atoms with van der Waals surface area (Å²) >= 11 is 5.90. The van der Waals surface area contributed by atoms with E-state index in [9.17, 15) is 4.79 Å². The van der Waals surface area contributed by atoms with Crippen LogP contribution in [0, 0.1) is 5.92 Å². The second kappa shape index (κ2) is 8.30. The molecule has 1 heterocycles. The molecule has 1 aromatic heterocycles. The van der Waals surface area contributed by atoms with Crippen molar-refractivity contribution in [1.82, 2.24) is 9.97 Å². The Balaban J connectivity index is 1.55. The first kappa shape index (κ1) is 17.7. The molecule has 1 saturated carbocycles. The van der Waals surface area contributed by atoms with Gasteiger partial charge in [-0.3, -0.25) is 4.79 Å². The number of hydrogen-bond acceptors (Lipinski definition) is 4. The van der Waals surface area contributed by atoms with Gasteiger partial charge < -0.3 is 9.84 Å². The second-order valence-corrected chi connectivity index (χ2v) is 6.91. The van der Waals surface area contributed by atoms with Crippen LogP contribution in [0.25, 0.3) is 0 Å². The van der Waals surface area contributed by atoms with Crippen LogP contribution in [-0.2, 0) is 11.2 Å². The Morgan fingerprint density at radius 3 is 2.56 bits per heavy atom. The lowest BCUT2D eigenvalue weighted by Crippen LogP contribution is -2.25. The molecule has 132 valence electrons. The van der Waals surface area contributed by atoms with Crippen LogP contribution in [0.2, 0.25) is 5.02 Å². The monoisotopic (exact) mass is 360 g/mol. The first-order valence-corrected chi connectivity index (χ1v) is 8.91. The minimum Gasteiger partial charge on any atom is -0.481 e. The summed E-state index contributed by atoms with van der Waals surface area (Å²) in [6, 6.07) is 9.40. The Labute approximate surface area is 152 Å². The first-order chi connectivity index (χ1) is 12.1. The normalized spacial score (nSPS) is 20.2. The zero-order valence-electron chi connectivity index (χ0n) is 13.9. The van der Waals surface area contributed by atoms with Gasteiger partial charge in [0.05, 0.1) is 0 Å². The molecule has 0 saturated heterocycles. The lowest BCUT2D eigenvalue weighted by Gasteiger charge is -2.27. The maximum atomic E-state index is 10.8. The molecule has 1 aliphatic rings. The second-order valence-electron chi connectivity index (χ2n) is 6.47. The number of nitrogens with zero attached hydrogens (tertiary/aromatic N) is 2. The third-order valence-corrected chi connectivity index (χ3v) is 4.75. The van der Waals surface area contributed by atoms with Gasteiger partial charge in [-0.15, -0.1) is 0 Å². The summed E-state index contributed by atoms with van der Waals surface area (Å²) in [5.41, 5.74) is 1.09. The Bertz CT molecular complexity index is 713. The molecule has 0 atom stereocenters. The molecule has 0 amide bonds. The molecule has 0 spiro atoms. The smallest absolute Gasteiger partial charge is 0.303 e. The fourth-order valence-electron chi connectivity index (χ4n) is 3.19. The summed E-state index contributed by atoms with van der Waals surface area (Å²) in [7, 11) is 0. The van der Waals surface area contributed by atoms with Crippen LogP contribution in [-0.4, -0.2) is 27.1 Å². The zero-order valence-corrected chi connectivity index (χ0v) is 14.7. The molecule has 1 aliphatic carbocycles. The molecule has 1 N–H and O–H groups in total. The number of halogens is 1. The van der Waals surface area contributed by atoms with E-state index in [4.69, 9.17) is 21.4 Å². The van der Waals surface area contributed by atoms with E-state index >= 15 is 0 Å². The van der Waals surface area contributed by atoms with E-state index in [-0.39, 0.29) is 18.4 Å². The average Bonchev–Trinajstić information content (AvgIpc) is 2.59. The number of carboxylic acids is 1. The summed E-state index contributed by atoms with van der Waals surface area (Å²) in [5.74, 6) is 0.843. The molecule has 1 fully saturated rings. The quantitative estimate of drug-likeness (QED) is 0.838. The number of hydrogen-bond donors (Lipinski definition) is 1. The molecule has 0 unspecified atom stereocenters. The Hall–Kier alpha value is -2.14. The van der Waals surface area contributed by atoms with Gasteiger partial charge >= 0.3 is 5.97 Å². The highest BCUT2D eigenvalue weighted by molar-refractivity contribution is 6.30. The summed E-state index contributed by atoms with van der Waals surface area (Å²) in [5, 5.41) is 9.59. The van der Waals surface area contributed by atoms with Crippen molar-refractivity contribution < 1.29 is 14.6 Å². The van der Waals surface area contributed by atoms with Gasteiger partial charge in [0.25, 0.3) is 0 Å². The van der Waals surface area contributed by atoms with Crippen LogP contribution in [0.3, 0.4) is 0 Å². The molecular weight excluding hydrogens is 340 g/mol. The number of benzene rings is 1. The number of carboxylic acid groups (broad SMARTS) is 1. The third-order valence-electron chi connectivity index (χ3n) is 4.50. The van der Waals surface area contributed by atoms with E-state index < -0.39 is 5.97 Å². The summed E-state index contributed by atoms with van der Waals surface area (Å²) in [6.07, 6.45) is 6.21. The van der Waals surface area contributed by atoms with Gasteiger partial charge in [-0.2, -0.15) is 4.98 Å². The minimum atomic E-state index is -0.716. The molecule has 6 heteroatoms. The van der Waals surface area contributed by atoms with Crippen LogP contribution in [0.4, 0.5) is 0 Å². The number of carbonyl (C=O) groups is 1. The molecule has 1 aromatic carbocycles. The molecule has 0 radical (unpaired) electrons. The van der Waals surface area contributed by atoms with E-state index in [1.807, 2.05) is 24.3 Å². The van der Waals surface area contributed by atoms with E-state index in [2.05, 4.69) is 9.97 Å². The van der Waals surface area contributed by atoms with Crippen molar-refractivity contribution in [3.05, 3.63) is 52.9 Å². The molecule has 3 rings (SSSR count). The fraction of sp³-hybridized carbons (Fsp3) is 0.421. The van der Waals surface area contributed by atoms with Gasteiger partial charge in [0.2, 0.25) is 5.88 Å². The highest BCUT2D eigenvalue weighted by Crippen LogP contribution is 2.29. The highest BCUT2D eigenvalue weighted by Gasteiger charge is 2.24. The predicted octanol–water partition coefficient (Wildman–Crippen LogP) is 4.13. The zero-order chi connectivity index (χ0) is 17.6. The van der Waals surface area contributed by atoms with Gasteiger partial charge in [0.15, 0.2) is 0 Å². The van der Waals surface area contributed by atoms with Crippen molar-refractivity contribution in [2.24, 2.45) is 5.92 Å². The Morgan fingerprint density at radius 1 is 1.16 bits per heavy atom. The van der Waals surface area contributed by atoms with E-state index in [1.165, 1.54) is 0 Å². The number of aliphatic carboxylic acids is 1. The highest BCUT2D eigenvalue weighted by atomic mass is 35.5. The van der Waals surface area contributed by atoms with Crippen molar-refractivity contribution in [3.63, 3.8) is 0 Å². The molecule has 25 heavy (non-hydrogen) atoms. The average molecular weight is 361 g/mol. The van der Waals surface area contributed by atoms with Gasteiger partial charge in [0.1, 0.15) is 11.9 Å². The minimum absolute atomic E-state index is 0.100. The van der Waals surface area contributed by atoms with E-state index in [1.54, 1.807) is 12.3 Å². The molecule has 0 aliphatic heterocycles. The molecule has 2 aromatic rings. The van der Waals surface area contributed by atoms with Crippen LogP contribution in [0.15, 0.2) is 36.5 Å². The Morgan fingerprint density at radius 2 is 1.88 bits per heavy atom. The third kappa shape index (κ3) is 5.43. The number of rotatable bonds is 6. The topological polar surface area (TPSA) is 72.3 Å². The largest absolute Gasteiger partial charge is 0.481 e. The Kier molecular flexibility index (Phi) is 5.87. The molecule has 0 bridgehead atoms.